The Morgan fingerprint density at radius 3 is 2.00 bits per heavy atom. The van der Waals surface area contributed by atoms with E-state index in [4.69, 9.17) is 5.11 Å². The number of carboxylic acid groups (broad SMARTS) is 1. The number of carboxylic acids is 1. The molecular formula is C16H15ClO2. The summed E-state index contributed by atoms with van der Waals surface area (Å²) in [6.07, 6.45) is 0.379. The molecule has 0 spiro atoms. The Labute approximate surface area is 118 Å². The molecule has 0 saturated carbocycles. The molecule has 0 saturated heterocycles. The van der Waals surface area contributed by atoms with E-state index in [1.165, 1.54) is 0 Å². The van der Waals surface area contributed by atoms with Crippen molar-refractivity contribution in [3.05, 3.63) is 72.3 Å². The zero-order chi connectivity index (χ0) is 13.0. The van der Waals surface area contributed by atoms with E-state index in [0.29, 0.717) is 6.42 Å². The third kappa shape index (κ3) is 3.97. The van der Waals surface area contributed by atoms with E-state index < -0.39 is 5.97 Å². The van der Waals surface area contributed by atoms with Gasteiger partial charge < -0.3 is 5.11 Å². The van der Waals surface area contributed by atoms with Crippen molar-refractivity contribution in [1.29, 1.82) is 0 Å². The molecule has 0 heterocycles. The first-order valence-corrected chi connectivity index (χ1v) is 5.72. The highest BCUT2D eigenvalue weighted by Gasteiger charge is 2.05. The van der Waals surface area contributed by atoms with Gasteiger partial charge in [0.1, 0.15) is 0 Å². The van der Waals surface area contributed by atoms with Crippen LogP contribution in [0.2, 0.25) is 0 Å². The number of rotatable bonds is 4. The largest absolute Gasteiger partial charge is 0.478 e. The van der Waals surface area contributed by atoms with Crippen LogP contribution in [-0.4, -0.2) is 11.1 Å². The molecule has 2 aromatic rings. The summed E-state index contributed by atoms with van der Waals surface area (Å²) in [4.78, 5) is 10.7. The fraction of sp³-hybridized carbons (Fsp3) is 0.0625. The number of hydrogen-bond acceptors (Lipinski definition) is 1. The van der Waals surface area contributed by atoms with Gasteiger partial charge in [-0.2, -0.15) is 0 Å². The minimum atomic E-state index is -0.942. The second-order valence-corrected chi connectivity index (χ2v) is 4.15. The molecule has 0 aliphatic rings. The predicted molar refractivity (Wildman–Crippen MR) is 79.6 cm³/mol. The smallest absolute Gasteiger partial charge is 0.331 e. The van der Waals surface area contributed by atoms with Crippen LogP contribution in [0.4, 0.5) is 0 Å². The molecule has 98 valence electrons. The topological polar surface area (TPSA) is 37.3 Å². The lowest BCUT2D eigenvalue weighted by Crippen LogP contribution is -2.01. The summed E-state index contributed by atoms with van der Waals surface area (Å²) in [5.74, 6) is -0.942. The van der Waals surface area contributed by atoms with Crippen LogP contribution >= 0.6 is 12.4 Å². The van der Waals surface area contributed by atoms with Crippen molar-refractivity contribution in [3.63, 3.8) is 0 Å². The quantitative estimate of drug-likeness (QED) is 0.857. The van der Waals surface area contributed by atoms with Crippen LogP contribution in [0.3, 0.4) is 0 Å². The molecule has 0 aliphatic heterocycles. The summed E-state index contributed by atoms with van der Waals surface area (Å²) in [6.45, 7) is 3.53. The van der Waals surface area contributed by atoms with Crippen molar-refractivity contribution in [2.45, 2.75) is 6.42 Å². The third-order valence-corrected chi connectivity index (χ3v) is 2.78. The van der Waals surface area contributed by atoms with Crippen LogP contribution in [-0.2, 0) is 11.2 Å². The van der Waals surface area contributed by atoms with E-state index in [1.807, 2.05) is 54.6 Å². The Morgan fingerprint density at radius 1 is 0.947 bits per heavy atom. The van der Waals surface area contributed by atoms with E-state index in [1.54, 1.807) is 0 Å². The normalized spacial score (nSPS) is 9.47. The highest BCUT2D eigenvalue weighted by atomic mass is 35.5. The van der Waals surface area contributed by atoms with Gasteiger partial charge in [-0.05, 0) is 16.7 Å². The van der Waals surface area contributed by atoms with Gasteiger partial charge in [-0.3, -0.25) is 0 Å². The maximum atomic E-state index is 10.7. The van der Waals surface area contributed by atoms with Crippen LogP contribution in [0.1, 0.15) is 5.56 Å². The summed E-state index contributed by atoms with van der Waals surface area (Å²) in [5.41, 5.74) is 3.45. The molecule has 0 amide bonds. The lowest BCUT2D eigenvalue weighted by atomic mass is 10.0. The molecule has 1 N–H and O–H groups in total. The second kappa shape index (κ2) is 6.76. The van der Waals surface area contributed by atoms with Gasteiger partial charge in [0.2, 0.25) is 0 Å². The Kier molecular flexibility index (Phi) is 5.34. The summed E-state index contributed by atoms with van der Waals surface area (Å²) in [7, 11) is 0. The molecule has 0 atom stereocenters. The highest BCUT2D eigenvalue weighted by Crippen LogP contribution is 2.20. The standard InChI is InChI=1S/C16H14O2.ClH/c1-12(16(17)18)11-13-7-9-15(10-8-13)14-5-3-2-4-6-14;/h2-10H,1,11H2,(H,17,18);1H. The van der Waals surface area contributed by atoms with Crippen molar-refractivity contribution in [3.8, 4) is 11.1 Å². The molecular weight excluding hydrogens is 260 g/mol. The number of carbonyl (C=O) groups is 1. The lowest BCUT2D eigenvalue weighted by Gasteiger charge is -2.04. The zero-order valence-electron chi connectivity index (χ0n) is 10.4. The maximum Gasteiger partial charge on any atom is 0.331 e. The Bertz CT molecular complexity index is 559. The molecule has 0 fully saturated rings. The number of benzene rings is 2. The summed E-state index contributed by atoms with van der Waals surface area (Å²) >= 11 is 0. The average Bonchev–Trinajstić information content (AvgIpc) is 2.40. The second-order valence-electron chi connectivity index (χ2n) is 4.15. The summed E-state index contributed by atoms with van der Waals surface area (Å²) < 4.78 is 0. The van der Waals surface area contributed by atoms with Gasteiger partial charge in [0.25, 0.3) is 0 Å². The molecule has 2 rings (SSSR count). The average molecular weight is 275 g/mol. The van der Waals surface area contributed by atoms with Gasteiger partial charge in [-0.25, -0.2) is 4.79 Å². The van der Waals surface area contributed by atoms with Gasteiger partial charge in [0.15, 0.2) is 0 Å². The molecule has 0 unspecified atom stereocenters. The lowest BCUT2D eigenvalue weighted by molar-refractivity contribution is -0.132. The Morgan fingerprint density at radius 2 is 1.47 bits per heavy atom. The molecule has 2 aromatic carbocycles. The first-order valence-electron chi connectivity index (χ1n) is 5.72. The minimum Gasteiger partial charge on any atom is -0.478 e. The summed E-state index contributed by atoms with van der Waals surface area (Å²) in [6, 6.07) is 17.9. The van der Waals surface area contributed by atoms with Crippen LogP contribution in [0, 0.1) is 0 Å². The van der Waals surface area contributed by atoms with Crippen LogP contribution in [0.5, 0.6) is 0 Å². The van der Waals surface area contributed by atoms with Crippen molar-refractivity contribution < 1.29 is 9.90 Å². The van der Waals surface area contributed by atoms with Gasteiger partial charge in [-0.1, -0.05) is 61.2 Å². The van der Waals surface area contributed by atoms with Gasteiger partial charge in [-0.15, -0.1) is 12.4 Å². The molecule has 0 radical (unpaired) electrons. The monoisotopic (exact) mass is 274 g/mol. The molecule has 0 aromatic heterocycles. The van der Waals surface area contributed by atoms with E-state index in [-0.39, 0.29) is 18.0 Å². The maximum absolute atomic E-state index is 10.7. The van der Waals surface area contributed by atoms with E-state index in [2.05, 4.69) is 6.58 Å². The van der Waals surface area contributed by atoms with E-state index in [9.17, 15) is 4.79 Å². The fourth-order valence-corrected chi connectivity index (χ4v) is 1.77. The van der Waals surface area contributed by atoms with Crippen LogP contribution < -0.4 is 0 Å². The van der Waals surface area contributed by atoms with Gasteiger partial charge in [0, 0.05) is 12.0 Å². The molecule has 19 heavy (non-hydrogen) atoms. The van der Waals surface area contributed by atoms with E-state index >= 15 is 0 Å². The van der Waals surface area contributed by atoms with Crippen LogP contribution in [0.25, 0.3) is 11.1 Å². The van der Waals surface area contributed by atoms with E-state index in [0.717, 1.165) is 16.7 Å². The predicted octanol–water partition coefficient (Wildman–Crippen LogP) is 3.96. The van der Waals surface area contributed by atoms with Crippen molar-refractivity contribution >= 4 is 18.4 Å². The van der Waals surface area contributed by atoms with Gasteiger partial charge in [0.05, 0.1) is 0 Å². The van der Waals surface area contributed by atoms with Crippen molar-refractivity contribution in [1.82, 2.24) is 0 Å². The molecule has 0 aliphatic carbocycles. The molecule has 3 heteroatoms. The minimum absolute atomic E-state index is 0. The van der Waals surface area contributed by atoms with Crippen LogP contribution in [0.15, 0.2) is 66.7 Å². The van der Waals surface area contributed by atoms with Crippen molar-refractivity contribution in [2.24, 2.45) is 0 Å². The number of hydrogen-bond donors (Lipinski definition) is 1. The molecule has 0 bridgehead atoms. The third-order valence-electron chi connectivity index (χ3n) is 2.78. The van der Waals surface area contributed by atoms with Crippen molar-refractivity contribution in [2.75, 3.05) is 0 Å². The highest BCUT2D eigenvalue weighted by molar-refractivity contribution is 5.86. The Balaban J connectivity index is 0.00000180. The number of aliphatic carboxylic acids is 1. The SMILES string of the molecule is C=C(Cc1ccc(-c2ccccc2)cc1)C(=O)O.Cl. The first kappa shape index (κ1) is 15.0. The summed E-state index contributed by atoms with van der Waals surface area (Å²) in [5, 5.41) is 8.78. The van der Waals surface area contributed by atoms with Gasteiger partial charge >= 0.3 is 5.97 Å². The molecule has 2 nitrogen and oxygen atoms in total. The first-order chi connectivity index (χ1) is 8.66. The zero-order valence-corrected chi connectivity index (χ0v) is 11.2. The Hall–Kier alpha value is -2.06. The fourth-order valence-electron chi connectivity index (χ4n) is 1.77. The number of halogens is 1.